The Kier molecular flexibility index (Phi) is 4.43. The van der Waals surface area contributed by atoms with Crippen LogP contribution in [0.1, 0.15) is 24.0 Å². The normalized spacial score (nSPS) is 19.5. The van der Waals surface area contributed by atoms with Crippen LogP contribution in [0.25, 0.3) is 0 Å². The van der Waals surface area contributed by atoms with Gasteiger partial charge in [-0.25, -0.2) is 0 Å². The molecule has 1 aromatic rings. The summed E-state index contributed by atoms with van der Waals surface area (Å²) in [5, 5.41) is 3.21. The highest BCUT2D eigenvalue weighted by molar-refractivity contribution is 5.77. The van der Waals surface area contributed by atoms with E-state index in [1.54, 1.807) is 0 Å². The molecule has 19 heavy (non-hydrogen) atoms. The van der Waals surface area contributed by atoms with Gasteiger partial charge in [0.1, 0.15) is 0 Å². The number of carbonyl (C=O) groups is 1. The highest BCUT2D eigenvalue weighted by Crippen LogP contribution is 2.27. The number of hydrogen-bond acceptors (Lipinski definition) is 3. The smallest absolute Gasteiger partial charge is 0.222 e. The second-order valence-electron chi connectivity index (χ2n) is 5.35. The minimum Gasteiger partial charge on any atom is -0.370 e. The first-order valence-corrected chi connectivity index (χ1v) is 6.90. The van der Waals surface area contributed by atoms with Crippen LogP contribution in [0.3, 0.4) is 0 Å². The van der Waals surface area contributed by atoms with Crippen molar-refractivity contribution in [1.29, 1.82) is 0 Å². The molecule has 4 heteroatoms. The summed E-state index contributed by atoms with van der Waals surface area (Å²) in [7, 11) is 1.95. The molecule has 1 saturated heterocycles. The number of aryl methyl sites for hydroxylation is 1. The summed E-state index contributed by atoms with van der Waals surface area (Å²) in [6, 6.07) is 6.49. The maximum atomic E-state index is 11.4. The number of nitrogens with zero attached hydrogens (tertiary/aromatic N) is 1. The minimum atomic E-state index is -0.174. The maximum Gasteiger partial charge on any atom is 0.222 e. The summed E-state index contributed by atoms with van der Waals surface area (Å²) < 4.78 is 0. The molecule has 0 saturated carbocycles. The minimum absolute atomic E-state index is 0.0162. The predicted molar refractivity (Wildman–Crippen MR) is 78.1 cm³/mol. The predicted octanol–water partition coefficient (Wildman–Crippen LogP) is 1.42. The molecule has 0 aliphatic carbocycles. The van der Waals surface area contributed by atoms with Crippen LogP contribution in [0.2, 0.25) is 0 Å². The zero-order chi connectivity index (χ0) is 13.8. The number of nitrogens with two attached hydrogens (primary N) is 1. The molecule has 4 nitrogen and oxygen atoms in total. The lowest BCUT2D eigenvalue weighted by Gasteiger charge is -2.34. The molecule has 1 aliphatic rings. The van der Waals surface area contributed by atoms with Gasteiger partial charge in [-0.2, -0.15) is 0 Å². The number of benzene rings is 1. The molecule has 0 aromatic heterocycles. The summed E-state index contributed by atoms with van der Waals surface area (Å²) in [4.78, 5) is 13.7. The third-order valence-electron chi connectivity index (χ3n) is 3.77. The molecule has 104 valence electrons. The van der Waals surface area contributed by atoms with E-state index < -0.39 is 0 Å². The Balaban J connectivity index is 2.22. The van der Waals surface area contributed by atoms with Crippen LogP contribution < -0.4 is 16.0 Å². The van der Waals surface area contributed by atoms with Crippen molar-refractivity contribution in [3.63, 3.8) is 0 Å². The number of anilines is 1. The third kappa shape index (κ3) is 3.26. The molecule has 1 aliphatic heterocycles. The first-order chi connectivity index (χ1) is 9.11. The Hall–Kier alpha value is -1.55. The first-order valence-electron chi connectivity index (χ1n) is 6.90. The van der Waals surface area contributed by atoms with Crippen LogP contribution in [0.15, 0.2) is 18.2 Å². The Morgan fingerprint density at radius 3 is 3.00 bits per heavy atom. The molecule has 1 atom stereocenters. The average molecular weight is 261 g/mol. The van der Waals surface area contributed by atoms with Gasteiger partial charge in [0.05, 0.1) is 5.92 Å². The summed E-state index contributed by atoms with van der Waals surface area (Å²) in [6.45, 7) is 4.69. The van der Waals surface area contributed by atoms with Gasteiger partial charge in [-0.1, -0.05) is 17.7 Å². The largest absolute Gasteiger partial charge is 0.370 e. The third-order valence-corrected chi connectivity index (χ3v) is 3.77. The number of rotatable bonds is 4. The second kappa shape index (κ2) is 6.06. The lowest BCUT2D eigenvalue weighted by molar-refractivity contribution is -0.122. The SMILES string of the molecule is CNCc1cc(C)ccc1N1CCCC(C(N)=O)C1. The van der Waals surface area contributed by atoms with Gasteiger partial charge in [-0.05, 0) is 38.4 Å². The Morgan fingerprint density at radius 2 is 2.32 bits per heavy atom. The molecular weight excluding hydrogens is 238 g/mol. The number of carbonyl (C=O) groups excluding carboxylic acids is 1. The van der Waals surface area contributed by atoms with Gasteiger partial charge >= 0.3 is 0 Å². The Labute approximate surface area is 115 Å². The van der Waals surface area contributed by atoms with Gasteiger partial charge in [0.15, 0.2) is 0 Å². The van der Waals surface area contributed by atoms with E-state index in [1.807, 2.05) is 7.05 Å². The average Bonchev–Trinajstić information content (AvgIpc) is 2.39. The molecule has 1 aromatic carbocycles. The topological polar surface area (TPSA) is 58.4 Å². The van der Waals surface area contributed by atoms with Crippen molar-refractivity contribution in [2.24, 2.45) is 11.7 Å². The first kappa shape index (κ1) is 13.9. The van der Waals surface area contributed by atoms with Crippen LogP contribution in [0, 0.1) is 12.8 Å². The van der Waals surface area contributed by atoms with E-state index in [0.717, 1.165) is 32.5 Å². The molecule has 0 radical (unpaired) electrons. The highest BCUT2D eigenvalue weighted by Gasteiger charge is 2.25. The van der Waals surface area contributed by atoms with Crippen molar-refractivity contribution in [2.75, 3.05) is 25.0 Å². The van der Waals surface area contributed by atoms with Crippen molar-refractivity contribution in [1.82, 2.24) is 5.32 Å². The van der Waals surface area contributed by atoms with Crippen LogP contribution in [-0.2, 0) is 11.3 Å². The number of primary amides is 1. The summed E-state index contributed by atoms with van der Waals surface area (Å²) in [5.74, 6) is -0.190. The van der Waals surface area contributed by atoms with E-state index in [-0.39, 0.29) is 11.8 Å². The molecule has 1 heterocycles. The standard InChI is InChI=1S/C15H23N3O/c1-11-5-6-14(13(8-11)9-17-2)18-7-3-4-12(10-18)15(16)19/h5-6,8,12,17H,3-4,7,9-10H2,1-2H3,(H2,16,19). The number of hydrogen-bond donors (Lipinski definition) is 2. The van der Waals surface area contributed by atoms with Crippen molar-refractivity contribution in [2.45, 2.75) is 26.3 Å². The van der Waals surface area contributed by atoms with Gasteiger partial charge in [-0.15, -0.1) is 0 Å². The van der Waals surface area contributed by atoms with Crippen LogP contribution in [-0.4, -0.2) is 26.0 Å². The molecule has 3 N–H and O–H groups in total. The zero-order valence-electron chi connectivity index (χ0n) is 11.8. The van der Waals surface area contributed by atoms with E-state index in [4.69, 9.17) is 5.73 Å². The molecule has 1 fully saturated rings. The quantitative estimate of drug-likeness (QED) is 0.861. The van der Waals surface area contributed by atoms with Crippen molar-refractivity contribution in [3.05, 3.63) is 29.3 Å². The number of amides is 1. The summed E-state index contributed by atoms with van der Waals surface area (Å²) in [6.07, 6.45) is 1.94. The Morgan fingerprint density at radius 1 is 1.53 bits per heavy atom. The van der Waals surface area contributed by atoms with Gasteiger partial charge in [-0.3, -0.25) is 4.79 Å². The highest BCUT2D eigenvalue weighted by atomic mass is 16.1. The van der Waals surface area contributed by atoms with Gasteiger partial charge < -0.3 is 16.0 Å². The maximum absolute atomic E-state index is 11.4. The van der Waals surface area contributed by atoms with Gasteiger partial charge in [0.25, 0.3) is 0 Å². The van der Waals surface area contributed by atoms with Gasteiger partial charge in [0, 0.05) is 25.3 Å². The Bertz CT molecular complexity index is 459. The van der Waals surface area contributed by atoms with E-state index in [0.29, 0.717) is 0 Å². The number of piperidine rings is 1. The number of nitrogens with one attached hydrogen (secondary N) is 1. The fraction of sp³-hybridized carbons (Fsp3) is 0.533. The van der Waals surface area contributed by atoms with Gasteiger partial charge in [0.2, 0.25) is 5.91 Å². The molecular formula is C15H23N3O. The van der Waals surface area contributed by atoms with Crippen molar-refractivity contribution < 1.29 is 4.79 Å². The van der Waals surface area contributed by atoms with E-state index in [1.165, 1.54) is 16.8 Å². The summed E-state index contributed by atoms with van der Waals surface area (Å²) >= 11 is 0. The fourth-order valence-electron chi connectivity index (χ4n) is 2.78. The van der Waals surface area contributed by atoms with Crippen LogP contribution >= 0.6 is 0 Å². The molecule has 2 rings (SSSR count). The zero-order valence-corrected chi connectivity index (χ0v) is 11.8. The van der Waals surface area contributed by atoms with E-state index in [2.05, 4.69) is 35.3 Å². The molecule has 0 bridgehead atoms. The van der Waals surface area contributed by atoms with Crippen molar-refractivity contribution in [3.8, 4) is 0 Å². The summed E-state index contributed by atoms with van der Waals surface area (Å²) in [5.41, 5.74) is 9.22. The molecule has 1 unspecified atom stereocenters. The van der Waals surface area contributed by atoms with E-state index in [9.17, 15) is 4.79 Å². The lowest BCUT2D eigenvalue weighted by atomic mass is 9.96. The lowest BCUT2D eigenvalue weighted by Crippen LogP contribution is -2.41. The fourth-order valence-corrected chi connectivity index (χ4v) is 2.78. The monoisotopic (exact) mass is 261 g/mol. The molecule has 0 spiro atoms. The second-order valence-corrected chi connectivity index (χ2v) is 5.35. The van der Waals surface area contributed by atoms with E-state index >= 15 is 0 Å². The van der Waals surface area contributed by atoms with Crippen LogP contribution in [0.5, 0.6) is 0 Å². The molecule has 1 amide bonds. The van der Waals surface area contributed by atoms with Crippen LogP contribution in [0.4, 0.5) is 5.69 Å². The van der Waals surface area contributed by atoms with Crippen molar-refractivity contribution >= 4 is 11.6 Å².